The maximum Gasteiger partial charge on any atom is 0.331 e. The van der Waals surface area contributed by atoms with E-state index in [1.165, 1.54) is 0 Å². The van der Waals surface area contributed by atoms with Gasteiger partial charge in [-0.3, -0.25) is 0 Å². The van der Waals surface area contributed by atoms with Crippen molar-refractivity contribution in [2.75, 3.05) is 0 Å². The number of rotatable bonds is 10. The summed E-state index contributed by atoms with van der Waals surface area (Å²) in [5.41, 5.74) is 0.266. The molecule has 2 N–H and O–H groups in total. The Hall–Kier alpha value is -1.19. The summed E-state index contributed by atoms with van der Waals surface area (Å²) in [6.45, 7) is 11.4. The molecule has 120 valence electrons. The Labute approximate surface area is 130 Å². The molecule has 0 saturated carbocycles. The van der Waals surface area contributed by atoms with Crippen molar-refractivity contribution in [1.82, 2.24) is 0 Å². The van der Waals surface area contributed by atoms with E-state index in [1.807, 2.05) is 20.0 Å². The summed E-state index contributed by atoms with van der Waals surface area (Å²) >= 11 is 0. The van der Waals surface area contributed by atoms with Gasteiger partial charge in [-0.2, -0.15) is 0 Å². The number of carboxylic acid groups (broad SMARTS) is 2. The summed E-state index contributed by atoms with van der Waals surface area (Å²) in [5.74, 6) is -2.10. The maximum atomic E-state index is 11.4. The van der Waals surface area contributed by atoms with E-state index in [0.29, 0.717) is 6.42 Å². The third-order valence-corrected chi connectivity index (χ3v) is 7.80. The van der Waals surface area contributed by atoms with E-state index in [-0.39, 0.29) is 11.1 Å². The van der Waals surface area contributed by atoms with E-state index < -0.39 is 35.8 Å². The lowest BCUT2D eigenvalue weighted by atomic mass is 9.96. The number of hydrogen-bond donors (Lipinski definition) is 2. The van der Waals surface area contributed by atoms with Gasteiger partial charge in [-0.1, -0.05) is 32.9 Å². The minimum atomic E-state index is -1.28. The number of aliphatic carboxylic acids is 2. The van der Waals surface area contributed by atoms with Crippen LogP contribution < -0.4 is 0 Å². The first-order valence-corrected chi connectivity index (χ1v) is 11.2. The van der Waals surface area contributed by atoms with Gasteiger partial charge in [-0.05, 0) is 25.9 Å². The van der Waals surface area contributed by atoms with Crippen LogP contribution in [0.25, 0.3) is 0 Å². The first-order chi connectivity index (χ1) is 9.64. The Morgan fingerprint density at radius 2 is 1.90 bits per heavy atom. The minimum absolute atomic E-state index is 0.0130. The summed E-state index contributed by atoms with van der Waals surface area (Å²) in [7, 11) is -2.55. The summed E-state index contributed by atoms with van der Waals surface area (Å²) in [6.07, 6.45) is 3.63. The van der Waals surface area contributed by atoms with Crippen LogP contribution in [0.2, 0.25) is 18.1 Å². The van der Waals surface area contributed by atoms with Gasteiger partial charge in [0, 0.05) is 16.2 Å². The third kappa shape index (κ3) is 6.88. The van der Waals surface area contributed by atoms with Crippen LogP contribution in [0.4, 0.5) is 0 Å². The molecule has 7 heteroatoms. The van der Waals surface area contributed by atoms with E-state index in [9.17, 15) is 19.8 Å². The van der Waals surface area contributed by atoms with E-state index in [0.717, 1.165) is 12.8 Å². The van der Waals surface area contributed by atoms with E-state index in [2.05, 4.69) is 6.58 Å². The zero-order chi connectivity index (χ0) is 16.6. The van der Waals surface area contributed by atoms with Crippen molar-refractivity contribution in [1.29, 1.82) is 0 Å². The molecular formula is C14H26O5Si2. The molecule has 0 aliphatic carbocycles. The summed E-state index contributed by atoms with van der Waals surface area (Å²) in [4.78, 5) is 22.6. The second kappa shape index (κ2) is 8.96. The van der Waals surface area contributed by atoms with Gasteiger partial charge in [-0.15, -0.1) is 0 Å². The Kier molecular flexibility index (Phi) is 8.45. The fourth-order valence-corrected chi connectivity index (χ4v) is 5.17. The molecule has 0 amide bonds. The van der Waals surface area contributed by atoms with Crippen LogP contribution in [0, 0.1) is 0 Å². The Morgan fingerprint density at radius 1 is 1.33 bits per heavy atom. The van der Waals surface area contributed by atoms with Gasteiger partial charge in [0.1, 0.15) is 0 Å². The number of hydrogen-bond acceptors (Lipinski definition) is 3. The lowest BCUT2D eigenvalue weighted by Gasteiger charge is -2.27. The lowest BCUT2D eigenvalue weighted by Crippen LogP contribution is -2.28. The molecule has 0 rings (SSSR count). The molecular weight excluding hydrogens is 304 g/mol. The molecule has 1 atom stereocenters. The van der Waals surface area contributed by atoms with E-state index in [1.54, 1.807) is 13.0 Å². The first-order valence-electron chi connectivity index (χ1n) is 7.13. The average Bonchev–Trinajstić information content (AvgIpc) is 2.39. The van der Waals surface area contributed by atoms with Crippen LogP contribution in [0.15, 0.2) is 23.8 Å². The monoisotopic (exact) mass is 330 g/mol. The van der Waals surface area contributed by atoms with Crippen molar-refractivity contribution in [3.63, 3.8) is 0 Å². The van der Waals surface area contributed by atoms with Gasteiger partial charge in [0.05, 0.1) is 0 Å². The highest BCUT2D eigenvalue weighted by atomic mass is 28.3. The van der Waals surface area contributed by atoms with Crippen molar-refractivity contribution in [3.8, 4) is 0 Å². The van der Waals surface area contributed by atoms with Gasteiger partial charge in [-0.25, -0.2) is 9.59 Å². The van der Waals surface area contributed by atoms with Gasteiger partial charge in [0.2, 0.25) is 0 Å². The highest BCUT2D eigenvalue weighted by Gasteiger charge is 2.32. The fraction of sp³-hybridized carbons (Fsp3) is 0.571. The second-order valence-corrected chi connectivity index (χ2v) is 10.8. The second-order valence-electron chi connectivity index (χ2n) is 5.64. The zero-order valence-corrected chi connectivity index (χ0v) is 15.9. The molecule has 0 spiro atoms. The SMILES string of the molecule is C=C(C(=O)O)C(C)(C=C(CCCC)C(=O)O)[SiH2]O[SiH](C)C. The molecule has 0 aliphatic heterocycles. The van der Waals surface area contributed by atoms with Crippen LogP contribution >= 0.6 is 0 Å². The maximum absolute atomic E-state index is 11.4. The molecule has 21 heavy (non-hydrogen) atoms. The molecule has 0 aromatic heterocycles. The molecule has 0 aromatic rings. The minimum Gasteiger partial charge on any atom is -0.478 e. The highest BCUT2D eigenvalue weighted by Crippen LogP contribution is 2.37. The van der Waals surface area contributed by atoms with Crippen LogP contribution in [0.5, 0.6) is 0 Å². The lowest BCUT2D eigenvalue weighted by molar-refractivity contribution is -0.134. The van der Waals surface area contributed by atoms with Gasteiger partial charge < -0.3 is 14.3 Å². The number of carbonyl (C=O) groups is 2. The molecule has 0 aromatic carbocycles. The van der Waals surface area contributed by atoms with Gasteiger partial charge in [0.15, 0.2) is 18.8 Å². The zero-order valence-electron chi connectivity index (χ0n) is 13.3. The summed E-state index contributed by atoms with van der Waals surface area (Å²) in [5, 5.41) is 17.6. The molecule has 0 saturated heterocycles. The standard InChI is InChI=1S/C14H26O5Si2/c1-6-7-8-11(13(17)18)9-14(3,10(2)12(15)16)20-19-21(4)5/h9,21H,2,6-8,20H2,1,3-5H3,(H,15,16)(H,17,18). The van der Waals surface area contributed by atoms with Crippen molar-refractivity contribution >= 4 is 30.7 Å². The number of unbranched alkanes of at least 4 members (excludes halogenated alkanes) is 1. The first kappa shape index (κ1) is 19.8. The predicted molar refractivity (Wildman–Crippen MR) is 88.9 cm³/mol. The molecule has 0 heterocycles. The van der Waals surface area contributed by atoms with Crippen LogP contribution in [0.3, 0.4) is 0 Å². The molecule has 1 unspecified atom stereocenters. The van der Waals surface area contributed by atoms with E-state index >= 15 is 0 Å². The highest BCUT2D eigenvalue weighted by molar-refractivity contribution is 6.57. The topological polar surface area (TPSA) is 83.8 Å². The van der Waals surface area contributed by atoms with Crippen LogP contribution in [-0.4, -0.2) is 41.0 Å². The number of carboxylic acids is 2. The molecule has 0 radical (unpaired) electrons. The van der Waals surface area contributed by atoms with Crippen LogP contribution in [-0.2, 0) is 13.7 Å². The molecule has 0 bridgehead atoms. The molecule has 5 nitrogen and oxygen atoms in total. The van der Waals surface area contributed by atoms with Crippen molar-refractivity contribution < 1.29 is 23.9 Å². The molecule has 0 fully saturated rings. The fourth-order valence-electron chi connectivity index (χ4n) is 1.79. The normalized spacial score (nSPS) is 15.4. The summed E-state index contributed by atoms with van der Waals surface area (Å²) < 4.78 is 5.78. The molecule has 0 aliphatic rings. The third-order valence-electron chi connectivity index (χ3n) is 3.23. The quantitative estimate of drug-likeness (QED) is 0.473. The van der Waals surface area contributed by atoms with Gasteiger partial charge in [0.25, 0.3) is 0 Å². The average molecular weight is 331 g/mol. The predicted octanol–water partition coefficient (Wildman–Crippen LogP) is 2.09. The van der Waals surface area contributed by atoms with Crippen LogP contribution in [0.1, 0.15) is 33.1 Å². The summed E-state index contributed by atoms with van der Waals surface area (Å²) in [6, 6.07) is 0. The Bertz CT molecular complexity index is 431. The van der Waals surface area contributed by atoms with Gasteiger partial charge >= 0.3 is 11.9 Å². The van der Waals surface area contributed by atoms with Crippen molar-refractivity contribution in [2.24, 2.45) is 0 Å². The van der Waals surface area contributed by atoms with E-state index in [4.69, 9.17) is 4.12 Å². The Balaban J connectivity index is 5.48. The number of allylic oxidation sites excluding steroid dienone is 1. The Morgan fingerprint density at radius 3 is 2.29 bits per heavy atom. The van der Waals surface area contributed by atoms with Crippen molar-refractivity contribution in [3.05, 3.63) is 23.8 Å². The largest absolute Gasteiger partial charge is 0.478 e. The smallest absolute Gasteiger partial charge is 0.331 e. The van der Waals surface area contributed by atoms with Crippen molar-refractivity contribution in [2.45, 2.75) is 51.2 Å².